The van der Waals surface area contributed by atoms with Crippen molar-refractivity contribution in [3.63, 3.8) is 0 Å². The molecule has 16 heavy (non-hydrogen) atoms. The minimum Gasteiger partial charge on any atom is -0.391 e. The number of nitrogens with one attached hydrogen (secondary N) is 2. The number of aromatic amines is 1. The van der Waals surface area contributed by atoms with E-state index in [4.69, 9.17) is 0 Å². The summed E-state index contributed by atoms with van der Waals surface area (Å²) in [6.07, 6.45) is -0.386. The number of aliphatic hydroxyl groups excluding tert-OH is 1. The molecule has 0 saturated carbocycles. The molecule has 3 N–H and O–H groups in total. The predicted molar refractivity (Wildman–Crippen MR) is 65.6 cm³/mol. The van der Waals surface area contributed by atoms with Crippen molar-refractivity contribution in [3.8, 4) is 0 Å². The van der Waals surface area contributed by atoms with Gasteiger partial charge in [-0.3, -0.25) is 5.10 Å². The summed E-state index contributed by atoms with van der Waals surface area (Å²) in [6.45, 7) is 8.66. The van der Waals surface area contributed by atoms with Crippen LogP contribution < -0.4 is 5.32 Å². The van der Waals surface area contributed by atoms with Crippen LogP contribution >= 0.6 is 11.8 Å². The van der Waals surface area contributed by atoms with Crippen molar-refractivity contribution < 1.29 is 5.11 Å². The highest BCUT2D eigenvalue weighted by Crippen LogP contribution is 2.13. The summed E-state index contributed by atoms with van der Waals surface area (Å²) < 4.78 is 0. The normalized spacial score (nSPS) is 14.1. The summed E-state index contributed by atoms with van der Waals surface area (Å²) in [5, 5.41) is 20.4. The number of hydrogen-bond donors (Lipinski definition) is 3. The second-order valence-corrected chi connectivity index (χ2v) is 5.79. The van der Waals surface area contributed by atoms with Gasteiger partial charge in [0.15, 0.2) is 0 Å². The number of aromatic nitrogens is 3. The molecule has 0 radical (unpaired) electrons. The van der Waals surface area contributed by atoms with Crippen LogP contribution in [0, 0.1) is 6.92 Å². The summed E-state index contributed by atoms with van der Waals surface area (Å²) in [5.41, 5.74) is 0.0345. The molecule has 0 bridgehead atoms. The molecule has 0 spiro atoms. The van der Waals surface area contributed by atoms with Gasteiger partial charge in [0.05, 0.1) is 6.10 Å². The van der Waals surface area contributed by atoms with Crippen LogP contribution in [0.4, 0.5) is 0 Å². The minimum atomic E-state index is -0.386. The fourth-order valence-electron chi connectivity index (χ4n) is 1.04. The first-order valence-electron chi connectivity index (χ1n) is 5.32. The molecule has 1 atom stereocenters. The van der Waals surface area contributed by atoms with Gasteiger partial charge in [0.2, 0.25) is 5.16 Å². The zero-order chi connectivity index (χ0) is 12.2. The Bertz CT molecular complexity index is 321. The Morgan fingerprint density at radius 2 is 2.19 bits per heavy atom. The molecular weight excluding hydrogens is 224 g/mol. The molecule has 1 aromatic rings. The van der Waals surface area contributed by atoms with E-state index in [1.54, 1.807) is 0 Å². The van der Waals surface area contributed by atoms with Gasteiger partial charge < -0.3 is 10.4 Å². The molecule has 0 aromatic carbocycles. The molecule has 5 nitrogen and oxygen atoms in total. The van der Waals surface area contributed by atoms with Gasteiger partial charge in [-0.05, 0) is 27.7 Å². The molecule has 92 valence electrons. The van der Waals surface area contributed by atoms with Gasteiger partial charge >= 0.3 is 0 Å². The maximum absolute atomic E-state index is 9.73. The fourth-order valence-corrected chi connectivity index (χ4v) is 1.81. The SMILES string of the molecule is Cc1nc(SCC(O)CNC(C)(C)C)n[nH]1. The van der Waals surface area contributed by atoms with Gasteiger partial charge in [-0.15, -0.1) is 5.10 Å². The number of H-pyrrole nitrogens is 1. The van der Waals surface area contributed by atoms with Crippen LogP contribution in [0.3, 0.4) is 0 Å². The lowest BCUT2D eigenvalue weighted by atomic mass is 10.1. The van der Waals surface area contributed by atoms with Gasteiger partial charge in [-0.2, -0.15) is 0 Å². The van der Waals surface area contributed by atoms with Crippen molar-refractivity contribution in [2.45, 2.75) is 44.5 Å². The summed E-state index contributed by atoms with van der Waals surface area (Å²) in [7, 11) is 0. The average Bonchev–Trinajstić information content (AvgIpc) is 2.57. The van der Waals surface area contributed by atoms with Crippen LogP contribution in [0.15, 0.2) is 5.16 Å². The van der Waals surface area contributed by atoms with Gasteiger partial charge in [0, 0.05) is 17.8 Å². The standard InChI is InChI=1S/C10H20N4OS/c1-7-12-9(14-13-7)16-6-8(15)5-11-10(2,3)4/h8,11,15H,5-6H2,1-4H3,(H,12,13,14). The van der Waals surface area contributed by atoms with Crippen LogP contribution in [-0.2, 0) is 0 Å². The summed E-state index contributed by atoms with van der Waals surface area (Å²) in [4.78, 5) is 4.16. The van der Waals surface area contributed by atoms with E-state index in [-0.39, 0.29) is 11.6 Å². The van der Waals surface area contributed by atoms with E-state index in [2.05, 4.69) is 41.3 Å². The Balaban J connectivity index is 2.22. The summed E-state index contributed by atoms with van der Waals surface area (Å²) in [6, 6.07) is 0. The number of hydrogen-bond acceptors (Lipinski definition) is 5. The molecule has 1 rings (SSSR count). The van der Waals surface area contributed by atoms with E-state index in [0.29, 0.717) is 17.5 Å². The van der Waals surface area contributed by atoms with Gasteiger partial charge in [-0.25, -0.2) is 4.98 Å². The second-order valence-electron chi connectivity index (χ2n) is 4.80. The highest BCUT2D eigenvalue weighted by atomic mass is 32.2. The van der Waals surface area contributed by atoms with Gasteiger partial charge in [-0.1, -0.05) is 11.8 Å². The maximum Gasteiger partial charge on any atom is 0.208 e. The van der Waals surface area contributed by atoms with Crippen molar-refractivity contribution in [1.82, 2.24) is 20.5 Å². The van der Waals surface area contributed by atoms with Crippen LogP contribution in [0.5, 0.6) is 0 Å². The molecule has 0 aliphatic rings. The van der Waals surface area contributed by atoms with Crippen LogP contribution in [0.2, 0.25) is 0 Å². The molecule has 1 aromatic heterocycles. The van der Waals surface area contributed by atoms with E-state index >= 15 is 0 Å². The Morgan fingerprint density at radius 3 is 2.69 bits per heavy atom. The number of β-amino-alcohol motifs (C(OH)–C–C–N with tert-alkyl or cyclic N) is 1. The molecular formula is C10H20N4OS. The molecule has 1 heterocycles. The summed E-state index contributed by atoms with van der Waals surface area (Å²) >= 11 is 1.46. The predicted octanol–water partition coefficient (Wildman–Crippen LogP) is 0.954. The molecule has 0 aliphatic carbocycles. The van der Waals surface area contributed by atoms with Crippen LogP contribution in [-0.4, -0.2) is 44.2 Å². The number of nitrogens with zero attached hydrogens (tertiary/aromatic N) is 2. The molecule has 6 heteroatoms. The zero-order valence-corrected chi connectivity index (χ0v) is 11.1. The van der Waals surface area contributed by atoms with Crippen LogP contribution in [0.1, 0.15) is 26.6 Å². The Labute approximate surface area is 100 Å². The molecule has 0 aliphatic heterocycles. The first-order chi connectivity index (χ1) is 7.37. The van der Waals surface area contributed by atoms with E-state index in [0.717, 1.165) is 5.82 Å². The average molecular weight is 244 g/mol. The molecule has 0 fully saturated rings. The van der Waals surface area contributed by atoms with Crippen molar-refractivity contribution in [3.05, 3.63) is 5.82 Å². The second kappa shape index (κ2) is 5.65. The van der Waals surface area contributed by atoms with Crippen LogP contribution in [0.25, 0.3) is 0 Å². The number of aryl methyl sites for hydroxylation is 1. The first kappa shape index (κ1) is 13.5. The molecule has 0 amide bonds. The van der Waals surface area contributed by atoms with Crippen molar-refractivity contribution in [2.75, 3.05) is 12.3 Å². The highest BCUT2D eigenvalue weighted by Gasteiger charge is 2.13. The van der Waals surface area contributed by atoms with Crippen molar-refractivity contribution in [1.29, 1.82) is 0 Å². The first-order valence-corrected chi connectivity index (χ1v) is 6.30. The highest BCUT2D eigenvalue weighted by molar-refractivity contribution is 7.99. The third-order valence-electron chi connectivity index (χ3n) is 1.85. The molecule has 1 unspecified atom stereocenters. The van der Waals surface area contributed by atoms with Crippen molar-refractivity contribution >= 4 is 11.8 Å². The lowest BCUT2D eigenvalue weighted by Gasteiger charge is -2.22. The topological polar surface area (TPSA) is 73.8 Å². The van der Waals surface area contributed by atoms with Gasteiger partial charge in [0.25, 0.3) is 0 Å². The third-order valence-corrected chi connectivity index (χ3v) is 2.84. The van der Waals surface area contributed by atoms with E-state index in [1.165, 1.54) is 11.8 Å². The lowest BCUT2D eigenvalue weighted by molar-refractivity contribution is 0.183. The third kappa shape index (κ3) is 5.48. The minimum absolute atomic E-state index is 0.0345. The van der Waals surface area contributed by atoms with E-state index in [9.17, 15) is 5.11 Å². The Hall–Kier alpha value is -0.590. The quantitative estimate of drug-likeness (QED) is 0.673. The summed E-state index contributed by atoms with van der Waals surface area (Å²) in [5.74, 6) is 1.39. The molecule has 0 saturated heterocycles. The number of rotatable bonds is 5. The van der Waals surface area contributed by atoms with E-state index < -0.39 is 0 Å². The Kier molecular flexibility index (Phi) is 4.76. The van der Waals surface area contributed by atoms with Crippen molar-refractivity contribution in [2.24, 2.45) is 0 Å². The zero-order valence-electron chi connectivity index (χ0n) is 10.2. The maximum atomic E-state index is 9.73. The van der Waals surface area contributed by atoms with Gasteiger partial charge in [0.1, 0.15) is 5.82 Å². The Morgan fingerprint density at radius 1 is 1.50 bits per heavy atom. The monoisotopic (exact) mass is 244 g/mol. The lowest BCUT2D eigenvalue weighted by Crippen LogP contribution is -2.41. The van der Waals surface area contributed by atoms with E-state index in [1.807, 2.05) is 6.92 Å². The number of aliphatic hydroxyl groups is 1. The fraction of sp³-hybridized carbons (Fsp3) is 0.800. The number of thioether (sulfide) groups is 1. The largest absolute Gasteiger partial charge is 0.391 e. The smallest absolute Gasteiger partial charge is 0.208 e.